The number of aryl methyl sites for hydroxylation is 5. The highest BCUT2D eigenvalue weighted by atomic mass is 35.5. The van der Waals surface area contributed by atoms with Crippen LogP contribution in [0.15, 0.2) is 236 Å². The molecule has 0 aromatic heterocycles. The molecule has 0 saturated heterocycles. The lowest BCUT2D eigenvalue weighted by molar-refractivity contribution is -0.0505. The van der Waals surface area contributed by atoms with Crippen molar-refractivity contribution >= 4 is 63.4 Å². The number of anilines is 2. The summed E-state index contributed by atoms with van der Waals surface area (Å²) in [4.78, 5) is 0. The Morgan fingerprint density at radius 1 is 0.381 bits per heavy atom. The minimum Gasteiger partial charge on any atom is -0.370 e. The van der Waals surface area contributed by atoms with E-state index < -0.39 is 0 Å². The van der Waals surface area contributed by atoms with Crippen LogP contribution in [0.4, 0.5) is 11.4 Å². The van der Waals surface area contributed by atoms with Crippen molar-refractivity contribution in [3.8, 4) is 0 Å². The molecule has 1 heterocycles. The van der Waals surface area contributed by atoms with Gasteiger partial charge >= 0.3 is 0 Å². The number of hydrogen-bond donors (Lipinski definition) is 1. The van der Waals surface area contributed by atoms with E-state index in [0.717, 1.165) is 103 Å². The second-order valence-electron chi connectivity index (χ2n) is 39.4. The second kappa shape index (κ2) is 41.6. The smallest absolute Gasteiger partial charge is 0.0903 e. The molecule has 1 N–H and O–H groups in total. The van der Waals surface area contributed by atoms with Crippen LogP contribution in [-0.2, 0) is 71.3 Å². The fourth-order valence-corrected chi connectivity index (χ4v) is 17.8. The minimum atomic E-state index is -0.0458. The number of benzene rings is 11. The molecular formula is C112H139Cl4NO. The Balaban J connectivity index is 0.000000177. The summed E-state index contributed by atoms with van der Waals surface area (Å²) in [5.74, 6) is 0. The normalized spacial score (nSPS) is 14.0. The molecule has 118 heavy (non-hydrogen) atoms. The predicted octanol–water partition coefficient (Wildman–Crippen LogP) is 33.3. The fourth-order valence-electron chi connectivity index (χ4n) is 16.8. The Labute approximate surface area is 735 Å². The van der Waals surface area contributed by atoms with E-state index in [1.54, 1.807) is 16.7 Å². The highest BCUT2D eigenvalue weighted by Crippen LogP contribution is 2.51. The van der Waals surface area contributed by atoms with Gasteiger partial charge in [-0.1, -0.05) is 397 Å². The molecule has 0 amide bonds. The SMILES string of the molecule is CC(C)(C)Cc1ccccc1Nc1c(Cl)cccc1Cl.CCc1cccc2c1CC1=C2CCOC1(CC)CC(C)(C)C.Cc1ccc(Cl)c(Cc2ccccc2C(C)(C)C)c1Cl.Cc1cccc(Cc2ccccc2C(C)(C)C)c1.Cc1cccc(Cc2ccccc2C(C)(C)C)c1C.Cc1cccc(Cc2ccccc2C(C)(C)C)c1C. The number of ether oxygens (including phenoxy) is 1. The highest BCUT2D eigenvalue weighted by molar-refractivity contribution is 6.39. The monoisotopic (exact) mass is 1650 g/mol. The van der Waals surface area contributed by atoms with Gasteiger partial charge in [-0.2, -0.15) is 0 Å². The molecule has 1 aliphatic heterocycles. The van der Waals surface area contributed by atoms with E-state index in [0.29, 0.717) is 10.0 Å². The Hall–Kier alpha value is -7.92. The first kappa shape index (κ1) is 95.6. The average molecular weight is 1660 g/mol. The third kappa shape index (κ3) is 26.8. The lowest BCUT2D eigenvalue weighted by Gasteiger charge is -2.42. The molecule has 1 unspecified atom stereocenters. The summed E-state index contributed by atoms with van der Waals surface area (Å²) in [5.41, 5.74) is 36.7. The Morgan fingerprint density at radius 3 is 1.25 bits per heavy atom. The molecule has 11 aromatic carbocycles. The maximum atomic E-state index is 6.45. The number of halogens is 4. The van der Waals surface area contributed by atoms with Gasteiger partial charge in [-0.15, -0.1) is 0 Å². The van der Waals surface area contributed by atoms with E-state index in [9.17, 15) is 0 Å². The molecule has 13 rings (SSSR count). The Bertz CT molecular complexity index is 5050. The van der Waals surface area contributed by atoms with Gasteiger partial charge in [-0.05, 0) is 284 Å². The van der Waals surface area contributed by atoms with Crippen molar-refractivity contribution in [1.29, 1.82) is 0 Å². The van der Waals surface area contributed by atoms with E-state index in [-0.39, 0.29) is 38.1 Å². The quantitative estimate of drug-likeness (QED) is 0.117. The van der Waals surface area contributed by atoms with E-state index >= 15 is 0 Å². The highest BCUT2D eigenvalue weighted by Gasteiger charge is 2.44. The topological polar surface area (TPSA) is 21.3 Å². The van der Waals surface area contributed by atoms with Crippen molar-refractivity contribution in [1.82, 2.24) is 0 Å². The number of para-hydroxylation sites is 2. The van der Waals surface area contributed by atoms with Crippen molar-refractivity contribution in [2.24, 2.45) is 10.8 Å². The summed E-state index contributed by atoms with van der Waals surface area (Å²) < 4.78 is 6.45. The fraction of sp³-hybridized carbons (Fsp3) is 0.393. The van der Waals surface area contributed by atoms with Crippen LogP contribution < -0.4 is 5.32 Å². The van der Waals surface area contributed by atoms with Crippen molar-refractivity contribution in [2.75, 3.05) is 11.9 Å². The first-order valence-electron chi connectivity index (χ1n) is 43.0. The van der Waals surface area contributed by atoms with Crippen LogP contribution in [0.25, 0.3) is 5.57 Å². The Kier molecular flexibility index (Phi) is 33.7. The van der Waals surface area contributed by atoms with Gasteiger partial charge in [0.1, 0.15) is 0 Å². The predicted molar refractivity (Wildman–Crippen MR) is 519 cm³/mol. The van der Waals surface area contributed by atoms with Crippen LogP contribution in [0.3, 0.4) is 0 Å². The van der Waals surface area contributed by atoms with Gasteiger partial charge < -0.3 is 10.1 Å². The molecular weight excluding hydrogens is 1520 g/mol. The molecule has 0 saturated carbocycles. The standard InChI is InChI=1S/C21H30O.2C19H24.C18H20Cl2.C18H22.C17H19Cl2N/c1-6-15-9-8-10-16-17-11-12-22-21(7-2,14-20(3,4)5)19(17)13-18(15)16;2*1-14-9-8-11-16(15(14)2)13-17-10-6-7-12-18(17)19(3,4)5;1-12-9-10-16(19)14(17(12)20)11-13-7-5-6-8-15(13)18(2,3)4;1-14-8-7-9-15(12-14)13-16-10-5-6-11-17(16)18(2,3)4;1-17(2,3)11-12-7-4-5-10-15(12)20-16-13(18)8-6-9-14(16)19/h8-10H,6-7,11-14H2,1-5H3;2*6-12H,13H2,1-5H3;5-10H,11H2,1-4H3;5-12H,13H2,1-4H3;4-10,20H,11H2,1-3H3. The van der Waals surface area contributed by atoms with Gasteiger partial charge in [-0.3, -0.25) is 0 Å². The molecule has 2 aliphatic rings. The molecule has 2 nitrogen and oxygen atoms in total. The maximum Gasteiger partial charge on any atom is 0.0903 e. The summed E-state index contributed by atoms with van der Waals surface area (Å²) in [6.07, 6.45) is 10.4. The van der Waals surface area contributed by atoms with Crippen LogP contribution >= 0.6 is 46.4 Å². The third-order valence-corrected chi connectivity index (χ3v) is 24.6. The zero-order chi connectivity index (χ0) is 86.9. The maximum absolute atomic E-state index is 6.45. The summed E-state index contributed by atoms with van der Waals surface area (Å²) in [6.45, 7) is 59.4. The largest absolute Gasteiger partial charge is 0.370 e. The lowest BCUT2D eigenvalue weighted by atomic mass is 9.73. The molecule has 0 bridgehead atoms. The molecule has 626 valence electrons. The number of nitrogens with one attached hydrogen (secondary N) is 1. The molecule has 0 radical (unpaired) electrons. The number of rotatable bonds is 14. The van der Waals surface area contributed by atoms with Crippen LogP contribution in [0.2, 0.25) is 20.1 Å². The summed E-state index contributed by atoms with van der Waals surface area (Å²) in [7, 11) is 0. The average Bonchev–Trinajstić information content (AvgIpc) is 1.58. The first-order chi connectivity index (χ1) is 55.3. The molecule has 0 spiro atoms. The summed E-state index contributed by atoms with van der Waals surface area (Å²) in [6, 6.07) is 81.5. The van der Waals surface area contributed by atoms with Gasteiger partial charge in [0.15, 0.2) is 0 Å². The van der Waals surface area contributed by atoms with Crippen molar-refractivity contribution < 1.29 is 4.74 Å². The number of fused-ring (bicyclic) bond motifs is 2. The van der Waals surface area contributed by atoms with Gasteiger partial charge in [0.2, 0.25) is 0 Å². The van der Waals surface area contributed by atoms with Crippen LogP contribution in [0.5, 0.6) is 0 Å². The zero-order valence-electron chi connectivity index (χ0n) is 76.6. The van der Waals surface area contributed by atoms with Crippen molar-refractivity contribution in [3.63, 3.8) is 0 Å². The Morgan fingerprint density at radius 2 is 0.797 bits per heavy atom. The molecule has 1 aliphatic carbocycles. The van der Waals surface area contributed by atoms with E-state index in [4.69, 9.17) is 51.1 Å². The first-order valence-corrected chi connectivity index (χ1v) is 44.5. The van der Waals surface area contributed by atoms with E-state index in [1.807, 2.05) is 43.3 Å². The molecule has 0 fully saturated rings. The van der Waals surface area contributed by atoms with Gasteiger partial charge in [-0.25, -0.2) is 0 Å². The molecule has 6 heteroatoms. The van der Waals surface area contributed by atoms with E-state index in [1.165, 1.54) is 106 Å². The van der Waals surface area contributed by atoms with Crippen molar-refractivity contribution in [3.05, 3.63) is 379 Å². The third-order valence-electron chi connectivity index (χ3n) is 23.0. The van der Waals surface area contributed by atoms with Crippen LogP contribution in [0, 0.1) is 52.4 Å². The van der Waals surface area contributed by atoms with Crippen molar-refractivity contribution in [2.45, 2.75) is 271 Å². The summed E-state index contributed by atoms with van der Waals surface area (Å²) in [5, 5.41) is 6.14. The van der Waals surface area contributed by atoms with E-state index in [2.05, 4.69) is 373 Å². The molecule has 11 aromatic rings. The van der Waals surface area contributed by atoms with Crippen LogP contribution in [-0.4, -0.2) is 12.2 Å². The minimum absolute atomic E-state index is 0.0458. The van der Waals surface area contributed by atoms with Crippen LogP contribution in [0.1, 0.15) is 280 Å². The lowest BCUT2D eigenvalue weighted by Crippen LogP contribution is -2.41. The molecule has 1 atom stereocenters. The van der Waals surface area contributed by atoms with Gasteiger partial charge in [0, 0.05) is 22.2 Å². The van der Waals surface area contributed by atoms with Gasteiger partial charge in [0.25, 0.3) is 0 Å². The summed E-state index contributed by atoms with van der Waals surface area (Å²) >= 11 is 25.2. The second-order valence-corrected chi connectivity index (χ2v) is 41.0. The number of hydrogen-bond acceptors (Lipinski definition) is 2. The zero-order valence-corrected chi connectivity index (χ0v) is 79.7. The van der Waals surface area contributed by atoms with Gasteiger partial charge in [0.05, 0.1) is 27.9 Å².